The zero-order valence-electron chi connectivity index (χ0n) is 16.8. The summed E-state index contributed by atoms with van der Waals surface area (Å²) in [5, 5.41) is 4.36. The van der Waals surface area contributed by atoms with E-state index in [-0.39, 0.29) is 0 Å². The van der Waals surface area contributed by atoms with E-state index < -0.39 is 0 Å². The highest BCUT2D eigenvalue weighted by Gasteiger charge is 2.13. The second kappa shape index (κ2) is 8.05. The van der Waals surface area contributed by atoms with Crippen molar-refractivity contribution in [1.82, 2.24) is 15.0 Å². The second-order valence-corrected chi connectivity index (χ2v) is 7.82. The lowest BCUT2D eigenvalue weighted by Gasteiger charge is -2.12. The molecule has 7 heteroatoms. The summed E-state index contributed by atoms with van der Waals surface area (Å²) in [6, 6.07) is 10.1. The molecule has 3 aromatic heterocycles. The first-order valence-electron chi connectivity index (χ1n) is 9.23. The Bertz CT molecular complexity index is 1170. The van der Waals surface area contributed by atoms with Gasteiger partial charge in [-0.05, 0) is 49.2 Å². The van der Waals surface area contributed by atoms with Gasteiger partial charge in [-0.1, -0.05) is 0 Å². The van der Waals surface area contributed by atoms with E-state index in [0.717, 1.165) is 16.7 Å². The Hall–Kier alpha value is -3.19. The Balaban J connectivity index is 1.62. The van der Waals surface area contributed by atoms with Gasteiger partial charge in [0.25, 0.3) is 0 Å². The Kier molecular flexibility index (Phi) is 5.31. The van der Waals surface area contributed by atoms with Gasteiger partial charge in [0.05, 0.1) is 26.3 Å². The number of hydrogen-bond donors (Lipinski definition) is 1. The van der Waals surface area contributed by atoms with E-state index in [1.807, 2.05) is 31.5 Å². The summed E-state index contributed by atoms with van der Waals surface area (Å²) in [7, 11) is 3.25. The van der Waals surface area contributed by atoms with Crippen molar-refractivity contribution in [1.29, 1.82) is 0 Å². The first-order valence-corrected chi connectivity index (χ1v) is 10.0. The number of nitrogens with one attached hydrogen (secondary N) is 1. The fourth-order valence-electron chi connectivity index (χ4n) is 3.24. The number of nitrogens with zero attached hydrogens (tertiary/aromatic N) is 3. The zero-order chi connectivity index (χ0) is 20.4. The third-order valence-corrected chi connectivity index (χ3v) is 5.81. The normalized spacial score (nSPS) is 10.9. The van der Waals surface area contributed by atoms with Crippen molar-refractivity contribution in [2.45, 2.75) is 20.4 Å². The van der Waals surface area contributed by atoms with Crippen LogP contribution in [-0.4, -0.2) is 29.2 Å². The molecule has 0 aliphatic carbocycles. The van der Waals surface area contributed by atoms with Gasteiger partial charge in [0.1, 0.15) is 11.6 Å². The third-order valence-electron chi connectivity index (χ3n) is 4.69. The maximum atomic E-state index is 5.44. The van der Waals surface area contributed by atoms with Gasteiger partial charge < -0.3 is 14.8 Å². The van der Waals surface area contributed by atoms with E-state index in [0.29, 0.717) is 23.9 Å². The van der Waals surface area contributed by atoms with Gasteiger partial charge in [0.2, 0.25) is 0 Å². The fraction of sp³-hybridized carbons (Fsp3) is 0.227. The average molecular weight is 407 g/mol. The SMILES string of the molecule is COc1cc2nc(C)nc(NCc3ccc(-c4ccncc4C)s3)c2cc1OC. The van der Waals surface area contributed by atoms with Gasteiger partial charge >= 0.3 is 0 Å². The number of fused-ring (bicyclic) bond motifs is 1. The molecule has 6 nitrogen and oxygen atoms in total. The van der Waals surface area contributed by atoms with Gasteiger partial charge in [0, 0.05) is 33.6 Å². The number of hydrogen-bond acceptors (Lipinski definition) is 7. The number of pyridine rings is 1. The summed E-state index contributed by atoms with van der Waals surface area (Å²) in [5.74, 6) is 2.79. The Morgan fingerprint density at radius 2 is 1.79 bits per heavy atom. The minimum Gasteiger partial charge on any atom is -0.493 e. The maximum absolute atomic E-state index is 5.44. The quantitative estimate of drug-likeness (QED) is 0.486. The van der Waals surface area contributed by atoms with E-state index in [9.17, 15) is 0 Å². The molecule has 0 saturated heterocycles. The summed E-state index contributed by atoms with van der Waals surface area (Å²) in [5.41, 5.74) is 3.21. The van der Waals surface area contributed by atoms with Gasteiger partial charge in [0.15, 0.2) is 11.5 Å². The standard InChI is InChI=1S/C22H22N4O2S/c1-13-11-23-8-7-16(13)21-6-5-15(29-21)12-24-22-17-9-19(27-3)20(28-4)10-18(17)25-14(2)26-22/h5-11H,12H2,1-4H3,(H,24,25,26). The molecule has 4 aromatic rings. The van der Waals surface area contributed by atoms with Crippen LogP contribution in [0.5, 0.6) is 11.5 Å². The zero-order valence-corrected chi connectivity index (χ0v) is 17.6. The van der Waals surface area contributed by atoms with Crippen LogP contribution in [0.2, 0.25) is 0 Å². The lowest BCUT2D eigenvalue weighted by atomic mass is 10.1. The monoisotopic (exact) mass is 406 g/mol. The number of thiophene rings is 1. The van der Waals surface area contributed by atoms with Gasteiger partial charge in [-0.3, -0.25) is 4.98 Å². The lowest BCUT2D eigenvalue weighted by molar-refractivity contribution is 0.356. The molecule has 0 saturated carbocycles. The van der Waals surface area contributed by atoms with E-state index in [4.69, 9.17) is 9.47 Å². The Labute approximate surface area is 173 Å². The van der Waals surface area contributed by atoms with Crippen LogP contribution < -0.4 is 14.8 Å². The van der Waals surface area contributed by atoms with Crippen LogP contribution in [-0.2, 0) is 6.54 Å². The van der Waals surface area contributed by atoms with Crippen molar-refractivity contribution < 1.29 is 9.47 Å². The smallest absolute Gasteiger partial charge is 0.162 e. The third kappa shape index (κ3) is 3.86. The minimum atomic E-state index is 0.652. The highest BCUT2D eigenvalue weighted by molar-refractivity contribution is 7.15. The van der Waals surface area contributed by atoms with Gasteiger partial charge in [-0.15, -0.1) is 11.3 Å². The molecule has 0 amide bonds. The van der Waals surface area contributed by atoms with Gasteiger partial charge in [-0.25, -0.2) is 9.97 Å². The Morgan fingerprint density at radius 3 is 2.55 bits per heavy atom. The largest absolute Gasteiger partial charge is 0.493 e. The molecule has 3 heterocycles. The molecule has 29 heavy (non-hydrogen) atoms. The van der Waals surface area contributed by atoms with Crippen molar-refractivity contribution in [2.75, 3.05) is 19.5 Å². The number of anilines is 1. The molecule has 1 aromatic carbocycles. The summed E-state index contributed by atoms with van der Waals surface area (Å²) in [4.78, 5) is 15.8. The molecule has 4 rings (SSSR count). The molecule has 0 radical (unpaired) electrons. The molecule has 0 spiro atoms. The predicted octanol–water partition coefficient (Wildman–Crippen LogP) is 5.00. The highest BCUT2D eigenvalue weighted by atomic mass is 32.1. The average Bonchev–Trinajstić information content (AvgIpc) is 3.20. The number of benzene rings is 1. The van der Waals surface area contributed by atoms with Crippen molar-refractivity contribution in [3.63, 3.8) is 0 Å². The molecular weight excluding hydrogens is 384 g/mol. The number of rotatable bonds is 6. The first-order chi connectivity index (χ1) is 14.1. The summed E-state index contributed by atoms with van der Waals surface area (Å²) >= 11 is 1.76. The fourth-order valence-corrected chi connectivity index (χ4v) is 4.28. The van der Waals surface area contributed by atoms with Crippen LogP contribution in [0.15, 0.2) is 42.7 Å². The predicted molar refractivity (Wildman–Crippen MR) is 117 cm³/mol. The number of aromatic nitrogens is 3. The maximum Gasteiger partial charge on any atom is 0.162 e. The second-order valence-electron chi connectivity index (χ2n) is 6.65. The van der Waals surface area contributed by atoms with Crippen molar-refractivity contribution in [2.24, 2.45) is 0 Å². The summed E-state index contributed by atoms with van der Waals surface area (Å²) in [6.07, 6.45) is 3.72. The molecule has 148 valence electrons. The molecular formula is C22H22N4O2S. The van der Waals surface area contributed by atoms with Gasteiger partial charge in [-0.2, -0.15) is 0 Å². The lowest BCUT2D eigenvalue weighted by Crippen LogP contribution is -2.04. The minimum absolute atomic E-state index is 0.652. The van der Waals surface area contributed by atoms with E-state index in [1.54, 1.807) is 25.6 Å². The molecule has 0 unspecified atom stereocenters. The van der Waals surface area contributed by atoms with Crippen molar-refractivity contribution in [3.05, 3.63) is 59.0 Å². The summed E-state index contributed by atoms with van der Waals surface area (Å²) < 4.78 is 10.8. The van der Waals surface area contributed by atoms with Crippen LogP contribution in [0.4, 0.5) is 5.82 Å². The first kappa shape index (κ1) is 19.1. The number of methoxy groups -OCH3 is 2. The molecule has 0 aliphatic rings. The van der Waals surface area contributed by atoms with Crippen LogP contribution in [0.25, 0.3) is 21.3 Å². The molecule has 1 N–H and O–H groups in total. The van der Waals surface area contributed by atoms with Crippen LogP contribution in [0, 0.1) is 13.8 Å². The highest BCUT2D eigenvalue weighted by Crippen LogP contribution is 2.35. The van der Waals surface area contributed by atoms with Crippen LogP contribution in [0.3, 0.4) is 0 Å². The summed E-state index contributed by atoms with van der Waals surface area (Å²) in [6.45, 7) is 4.64. The number of ether oxygens (including phenoxy) is 2. The molecule has 0 aliphatic heterocycles. The van der Waals surface area contributed by atoms with E-state index in [1.165, 1.54) is 20.9 Å². The van der Waals surface area contributed by atoms with Crippen LogP contribution in [0.1, 0.15) is 16.3 Å². The van der Waals surface area contributed by atoms with E-state index >= 15 is 0 Å². The van der Waals surface area contributed by atoms with Crippen molar-refractivity contribution >= 4 is 28.1 Å². The molecule has 0 fully saturated rings. The van der Waals surface area contributed by atoms with Crippen LogP contribution >= 0.6 is 11.3 Å². The molecule has 0 atom stereocenters. The molecule has 0 bridgehead atoms. The van der Waals surface area contributed by atoms with Crippen molar-refractivity contribution in [3.8, 4) is 21.9 Å². The van der Waals surface area contributed by atoms with E-state index in [2.05, 4.69) is 45.4 Å². The number of aryl methyl sites for hydroxylation is 2. The topological polar surface area (TPSA) is 69.2 Å². The Morgan fingerprint density at radius 1 is 1.00 bits per heavy atom.